The van der Waals surface area contributed by atoms with E-state index in [4.69, 9.17) is 0 Å². The first-order valence-electron chi connectivity index (χ1n) is 8.85. The van der Waals surface area contributed by atoms with E-state index in [9.17, 15) is 9.18 Å². The van der Waals surface area contributed by atoms with Gasteiger partial charge in [0.15, 0.2) is 0 Å². The molecule has 0 atom stereocenters. The van der Waals surface area contributed by atoms with Crippen molar-refractivity contribution in [2.75, 3.05) is 36.4 Å². The summed E-state index contributed by atoms with van der Waals surface area (Å²) in [6.07, 6.45) is 6.36. The van der Waals surface area contributed by atoms with E-state index in [0.717, 1.165) is 0 Å². The fourth-order valence-corrected chi connectivity index (χ4v) is 2.94. The molecule has 2 aromatic heterocycles. The second-order valence-corrected chi connectivity index (χ2v) is 6.26. The van der Waals surface area contributed by atoms with Gasteiger partial charge < -0.3 is 15.1 Å². The lowest BCUT2D eigenvalue weighted by Gasteiger charge is -2.34. The molecule has 1 N–H and O–H groups in total. The van der Waals surface area contributed by atoms with Crippen LogP contribution in [-0.4, -0.2) is 56.9 Å². The molecular formula is C19H18FN7O. The SMILES string of the molecule is O=C(c1cnc(Nc2cccc(F)c2)nc1)N1CCN(c2ncccn2)CC1. The molecule has 28 heavy (non-hydrogen) atoms. The number of carbonyl (C=O) groups excluding carboxylic acids is 1. The van der Waals surface area contributed by atoms with Crippen molar-refractivity contribution in [2.45, 2.75) is 0 Å². The van der Waals surface area contributed by atoms with Crippen LogP contribution in [0.3, 0.4) is 0 Å². The highest BCUT2D eigenvalue weighted by atomic mass is 19.1. The summed E-state index contributed by atoms with van der Waals surface area (Å²) in [5, 5.41) is 2.91. The van der Waals surface area contributed by atoms with E-state index in [0.29, 0.717) is 49.3 Å². The summed E-state index contributed by atoms with van der Waals surface area (Å²) in [4.78, 5) is 33.3. The molecule has 3 aromatic rings. The van der Waals surface area contributed by atoms with E-state index in [1.54, 1.807) is 35.5 Å². The molecule has 3 heterocycles. The maximum Gasteiger partial charge on any atom is 0.257 e. The Morgan fingerprint density at radius 2 is 1.68 bits per heavy atom. The van der Waals surface area contributed by atoms with Gasteiger partial charge in [-0.05, 0) is 24.3 Å². The number of carbonyl (C=O) groups is 1. The molecular weight excluding hydrogens is 361 g/mol. The van der Waals surface area contributed by atoms with Crippen LogP contribution in [0.25, 0.3) is 0 Å². The minimum atomic E-state index is -0.350. The highest BCUT2D eigenvalue weighted by Gasteiger charge is 2.23. The molecule has 0 spiro atoms. The van der Waals surface area contributed by atoms with Crippen molar-refractivity contribution in [3.63, 3.8) is 0 Å². The summed E-state index contributed by atoms with van der Waals surface area (Å²) in [5.41, 5.74) is 0.951. The van der Waals surface area contributed by atoms with Crippen LogP contribution >= 0.6 is 0 Å². The molecule has 0 aliphatic carbocycles. The largest absolute Gasteiger partial charge is 0.337 e. The molecule has 0 unspecified atom stereocenters. The quantitative estimate of drug-likeness (QED) is 0.743. The number of rotatable bonds is 4. The fraction of sp³-hybridized carbons (Fsp3) is 0.211. The predicted octanol–water partition coefficient (Wildman–Crippen LogP) is 2.11. The molecule has 1 saturated heterocycles. The number of aromatic nitrogens is 4. The Labute approximate surface area is 161 Å². The van der Waals surface area contributed by atoms with E-state index < -0.39 is 0 Å². The third kappa shape index (κ3) is 4.03. The van der Waals surface area contributed by atoms with Gasteiger partial charge in [0, 0.05) is 56.7 Å². The number of benzene rings is 1. The lowest BCUT2D eigenvalue weighted by Crippen LogP contribution is -2.49. The minimum absolute atomic E-state index is 0.120. The maximum absolute atomic E-state index is 13.2. The van der Waals surface area contributed by atoms with Crippen LogP contribution in [0.1, 0.15) is 10.4 Å². The molecule has 4 rings (SSSR count). The molecule has 8 nitrogen and oxygen atoms in total. The number of hydrogen-bond acceptors (Lipinski definition) is 7. The van der Waals surface area contributed by atoms with Gasteiger partial charge in [0.1, 0.15) is 5.82 Å². The van der Waals surface area contributed by atoms with Gasteiger partial charge in [-0.25, -0.2) is 24.3 Å². The summed E-state index contributed by atoms with van der Waals surface area (Å²) in [6.45, 7) is 2.46. The van der Waals surface area contributed by atoms with E-state index in [1.807, 2.05) is 4.90 Å². The third-order valence-electron chi connectivity index (χ3n) is 4.38. The number of nitrogens with zero attached hydrogens (tertiary/aromatic N) is 6. The average Bonchev–Trinajstić information content (AvgIpc) is 2.75. The molecule has 1 aliphatic rings. The molecule has 1 amide bonds. The molecule has 142 valence electrons. The predicted molar refractivity (Wildman–Crippen MR) is 102 cm³/mol. The number of hydrogen-bond donors (Lipinski definition) is 1. The summed E-state index contributed by atoms with van der Waals surface area (Å²) < 4.78 is 13.2. The van der Waals surface area contributed by atoms with Crippen LogP contribution in [0.2, 0.25) is 0 Å². The second kappa shape index (κ2) is 7.95. The van der Waals surface area contributed by atoms with Crippen molar-refractivity contribution in [1.82, 2.24) is 24.8 Å². The van der Waals surface area contributed by atoms with Gasteiger partial charge in [-0.3, -0.25) is 4.79 Å². The highest BCUT2D eigenvalue weighted by Crippen LogP contribution is 2.15. The maximum atomic E-state index is 13.2. The topological polar surface area (TPSA) is 87.1 Å². The monoisotopic (exact) mass is 379 g/mol. The van der Waals surface area contributed by atoms with Crippen molar-refractivity contribution in [2.24, 2.45) is 0 Å². The van der Waals surface area contributed by atoms with Crippen molar-refractivity contribution >= 4 is 23.5 Å². The Morgan fingerprint density at radius 1 is 0.964 bits per heavy atom. The van der Waals surface area contributed by atoms with Gasteiger partial charge in [-0.2, -0.15) is 0 Å². The molecule has 1 fully saturated rings. The van der Waals surface area contributed by atoms with Crippen LogP contribution < -0.4 is 10.2 Å². The van der Waals surface area contributed by atoms with Crippen molar-refractivity contribution < 1.29 is 9.18 Å². The Morgan fingerprint density at radius 3 is 2.36 bits per heavy atom. The average molecular weight is 379 g/mol. The Bertz CT molecular complexity index is 944. The summed E-state index contributed by atoms with van der Waals surface area (Å²) in [6, 6.07) is 7.78. The minimum Gasteiger partial charge on any atom is -0.337 e. The van der Waals surface area contributed by atoms with Crippen LogP contribution in [0, 0.1) is 5.82 Å². The van der Waals surface area contributed by atoms with Crippen LogP contribution in [0.5, 0.6) is 0 Å². The lowest BCUT2D eigenvalue weighted by molar-refractivity contribution is 0.0745. The van der Waals surface area contributed by atoms with Crippen LogP contribution in [-0.2, 0) is 0 Å². The van der Waals surface area contributed by atoms with E-state index in [-0.39, 0.29) is 11.7 Å². The second-order valence-electron chi connectivity index (χ2n) is 6.26. The fourth-order valence-electron chi connectivity index (χ4n) is 2.94. The zero-order chi connectivity index (χ0) is 19.3. The van der Waals surface area contributed by atoms with Gasteiger partial charge >= 0.3 is 0 Å². The molecule has 1 aromatic carbocycles. The summed E-state index contributed by atoms with van der Waals surface area (Å²) in [5.74, 6) is 0.502. The van der Waals surface area contributed by atoms with Crippen molar-refractivity contribution in [3.05, 3.63) is 66.5 Å². The van der Waals surface area contributed by atoms with Gasteiger partial charge in [-0.1, -0.05) is 6.07 Å². The highest BCUT2D eigenvalue weighted by molar-refractivity contribution is 5.93. The molecule has 0 bridgehead atoms. The van der Waals surface area contributed by atoms with Gasteiger partial charge in [0.2, 0.25) is 11.9 Å². The Balaban J connectivity index is 1.36. The van der Waals surface area contributed by atoms with E-state index in [2.05, 4.69) is 25.3 Å². The normalized spacial score (nSPS) is 14.0. The standard InChI is InChI=1S/C19H18FN7O/c20-15-3-1-4-16(11-15)25-18-23-12-14(13-24-18)17(28)26-7-9-27(10-8-26)19-21-5-2-6-22-19/h1-6,11-13H,7-10H2,(H,23,24,25). The van der Waals surface area contributed by atoms with Gasteiger partial charge in [0.05, 0.1) is 5.56 Å². The van der Waals surface area contributed by atoms with Crippen molar-refractivity contribution in [3.8, 4) is 0 Å². The third-order valence-corrected chi connectivity index (χ3v) is 4.38. The summed E-state index contributed by atoms with van der Waals surface area (Å²) >= 11 is 0. The number of halogens is 1. The van der Waals surface area contributed by atoms with Crippen LogP contribution in [0.4, 0.5) is 22.0 Å². The number of amides is 1. The van der Waals surface area contributed by atoms with E-state index in [1.165, 1.54) is 24.5 Å². The van der Waals surface area contributed by atoms with Crippen molar-refractivity contribution in [1.29, 1.82) is 0 Å². The molecule has 0 radical (unpaired) electrons. The molecule has 9 heteroatoms. The first kappa shape index (κ1) is 17.8. The summed E-state index contributed by atoms with van der Waals surface area (Å²) in [7, 11) is 0. The Kier molecular flexibility index (Phi) is 5.05. The lowest BCUT2D eigenvalue weighted by atomic mass is 10.2. The number of nitrogens with one attached hydrogen (secondary N) is 1. The van der Waals surface area contributed by atoms with E-state index >= 15 is 0 Å². The van der Waals surface area contributed by atoms with Gasteiger partial charge in [-0.15, -0.1) is 0 Å². The smallest absolute Gasteiger partial charge is 0.257 e. The number of piperazine rings is 1. The first-order chi connectivity index (χ1) is 13.7. The van der Waals surface area contributed by atoms with Crippen LogP contribution in [0.15, 0.2) is 55.1 Å². The molecule has 1 aliphatic heterocycles. The first-order valence-corrected chi connectivity index (χ1v) is 8.85. The van der Waals surface area contributed by atoms with Gasteiger partial charge in [0.25, 0.3) is 5.91 Å². The number of anilines is 3. The Hall–Kier alpha value is -3.62. The molecule has 0 saturated carbocycles. The zero-order valence-electron chi connectivity index (χ0n) is 15.0. The zero-order valence-corrected chi connectivity index (χ0v) is 15.0.